The number of aromatic nitrogens is 1. The van der Waals surface area contributed by atoms with Crippen molar-refractivity contribution in [3.63, 3.8) is 0 Å². The highest BCUT2D eigenvalue weighted by atomic mass is 19.1. The van der Waals surface area contributed by atoms with Gasteiger partial charge in [0.05, 0.1) is 12.6 Å². The minimum absolute atomic E-state index is 0.0578. The van der Waals surface area contributed by atoms with E-state index in [2.05, 4.69) is 16.8 Å². The van der Waals surface area contributed by atoms with Crippen molar-refractivity contribution in [1.29, 1.82) is 0 Å². The smallest absolute Gasteiger partial charge is 0.259 e. The Hall–Kier alpha value is -2.99. The van der Waals surface area contributed by atoms with Gasteiger partial charge in [0.15, 0.2) is 0 Å². The number of aliphatic hydroxyl groups is 2. The van der Waals surface area contributed by atoms with Gasteiger partial charge in [0.2, 0.25) is 5.88 Å². The number of hydrogen-bond donors (Lipinski definition) is 2. The maximum absolute atomic E-state index is 13.6. The zero-order chi connectivity index (χ0) is 24.8. The minimum atomic E-state index is -0.807. The second kappa shape index (κ2) is 11.4. The van der Waals surface area contributed by atoms with Crippen LogP contribution in [-0.4, -0.2) is 75.9 Å². The van der Waals surface area contributed by atoms with Gasteiger partial charge in [-0.25, -0.2) is 9.37 Å². The van der Waals surface area contributed by atoms with E-state index < -0.39 is 12.1 Å². The number of nitrogens with zero attached hydrogens (tertiary/aromatic N) is 3. The lowest BCUT2D eigenvalue weighted by Crippen LogP contribution is -2.49. The van der Waals surface area contributed by atoms with Gasteiger partial charge in [0.25, 0.3) is 5.91 Å². The number of aliphatic hydroxyl groups excluding tert-OH is 2. The molecule has 0 spiro atoms. The van der Waals surface area contributed by atoms with Crippen LogP contribution >= 0.6 is 0 Å². The molecule has 1 aromatic carbocycles. The lowest BCUT2D eigenvalue weighted by atomic mass is 9.99. The molecule has 2 heterocycles. The first-order valence-corrected chi connectivity index (χ1v) is 11.4. The Bertz CT molecular complexity index is 1070. The highest BCUT2D eigenvalue weighted by Crippen LogP contribution is 2.27. The molecule has 3 rings (SSSR count). The van der Waals surface area contributed by atoms with Gasteiger partial charge in [-0.15, -0.1) is 0 Å². The second-order valence-corrected chi connectivity index (χ2v) is 8.97. The van der Waals surface area contributed by atoms with Crippen LogP contribution in [0.2, 0.25) is 0 Å². The molecule has 0 saturated heterocycles. The van der Waals surface area contributed by atoms with Crippen molar-refractivity contribution in [2.24, 2.45) is 5.92 Å². The Morgan fingerprint density at radius 3 is 2.79 bits per heavy atom. The number of likely N-dealkylation sites (N-methyl/N-ethyl adjacent to an activating group) is 1. The number of rotatable bonds is 6. The fourth-order valence-electron chi connectivity index (χ4n) is 3.90. The Morgan fingerprint density at radius 2 is 2.12 bits per heavy atom. The minimum Gasteiger partial charge on any atom is -0.472 e. The van der Waals surface area contributed by atoms with E-state index in [9.17, 15) is 19.4 Å². The van der Waals surface area contributed by atoms with Gasteiger partial charge in [-0.1, -0.05) is 30.9 Å². The molecule has 1 aliphatic rings. The zero-order valence-electron chi connectivity index (χ0n) is 20.0. The predicted molar refractivity (Wildman–Crippen MR) is 127 cm³/mol. The van der Waals surface area contributed by atoms with E-state index in [1.807, 2.05) is 24.9 Å². The summed E-state index contributed by atoms with van der Waals surface area (Å²) in [6.07, 6.45) is 0.403. The van der Waals surface area contributed by atoms with Gasteiger partial charge in [-0.05, 0) is 44.7 Å². The Kier molecular flexibility index (Phi) is 8.61. The lowest BCUT2D eigenvalue weighted by molar-refractivity contribution is 0.0325. The van der Waals surface area contributed by atoms with Crippen LogP contribution in [0.3, 0.4) is 0 Å². The average molecular weight is 470 g/mol. The van der Waals surface area contributed by atoms with Crippen molar-refractivity contribution in [1.82, 2.24) is 14.8 Å². The van der Waals surface area contributed by atoms with E-state index in [1.165, 1.54) is 18.3 Å². The molecule has 0 bridgehead atoms. The van der Waals surface area contributed by atoms with Gasteiger partial charge >= 0.3 is 0 Å². The monoisotopic (exact) mass is 469 g/mol. The van der Waals surface area contributed by atoms with Crippen LogP contribution < -0.4 is 4.74 Å². The SMILES string of the molecule is C[C@@H]1CN([C@@H](C)CO)C(=O)c2cc(C#C[C@@H](C)O)cnc2O[C@H]1CN(C)Cc1cccc(F)c1. The normalized spacial score (nSPS) is 19.9. The van der Waals surface area contributed by atoms with E-state index in [0.717, 1.165) is 5.56 Å². The maximum atomic E-state index is 13.6. The maximum Gasteiger partial charge on any atom is 0.259 e. The van der Waals surface area contributed by atoms with Crippen molar-refractivity contribution in [2.75, 3.05) is 26.7 Å². The quantitative estimate of drug-likeness (QED) is 0.632. The van der Waals surface area contributed by atoms with E-state index in [4.69, 9.17) is 4.74 Å². The molecule has 8 heteroatoms. The predicted octanol–water partition coefficient (Wildman–Crippen LogP) is 2.31. The van der Waals surface area contributed by atoms with Gasteiger partial charge in [0, 0.05) is 37.3 Å². The zero-order valence-corrected chi connectivity index (χ0v) is 20.0. The molecule has 7 nitrogen and oxygen atoms in total. The molecule has 0 radical (unpaired) electrons. The van der Waals surface area contributed by atoms with Crippen LogP contribution in [0, 0.1) is 23.6 Å². The van der Waals surface area contributed by atoms with Crippen LogP contribution in [0.15, 0.2) is 36.5 Å². The van der Waals surface area contributed by atoms with E-state index in [-0.39, 0.29) is 41.8 Å². The molecule has 0 fully saturated rings. The molecule has 0 aliphatic carbocycles. The van der Waals surface area contributed by atoms with Gasteiger partial charge in [0.1, 0.15) is 23.6 Å². The van der Waals surface area contributed by atoms with Crippen molar-refractivity contribution < 1.29 is 24.1 Å². The molecule has 1 aliphatic heterocycles. The summed E-state index contributed by atoms with van der Waals surface area (Å²) in [4.78, 5) is 21.4. The molecule has 4 atom stereocenters. The number of ether oxygens (including phenoxy) is 1. The fourth-order valence-corrected chi connectivity index (χ4v) is 3.90. The first-order valence-electron chi connectivity index (χ1n) is 11.4. The van der Waals surface area contributed by atoms with Crippen molar-refractivity contribution >= 4 is 5.91 Å². The summed E-state index contributed by atoms with van der Waals surface area (Å²) in [5.41, 5.74) is 1.61. The van der Waals surface area contributed by atoms with E-state index in [1.54, 1.807) is 30.9 Å². The number of carbonyl (C=O) groups excluding carboxylic acids is 1. The highest BCUT2D eigenvalue weighted by molar-refractivity contribution is 5.97. The number of amides is 1. The van der Waals surface area contributed by atoms with Gasteiger partial charge in [-0.3, -0.25) is 9.69 Å². The summed E-state index contributed by atoms with van der Waals surface area (Å²) in [5.74, 6) is 5.05. The fraction of sp³-hybridized carbons (Fsp3) is 0.462. The molecule has 0 saturated carbocycles. The lowest BCUT2D eigenvalue weighted by Gasteiger charge is -2.37. The van der Waals surface area contributed by atoms with Gasteiger partial charge < -0.3 is 19.8 Å². The number of carbonyl (C=O) groups is 1. The highest BCUT2D eigenvalue weighted by Gasteiger charge is 2.34. The first kappa shape index (κ1) is 25.6. The van der Waals surface area contributed by atoms with Crippen LogP contribution in [0.5, 0.6) is 5.88 Å². The van der Waals surface area contributed by atoms with Crippen molar-refractivity contribution in [3.05, 3.63) is 59.0 Å². The molecule has 1 amide bonds. The van der Waals surface area contributed by atoms with Crippen LogP contribution in [-0.2, 0) is 6.54 Å². The summed E-state index contributed by atoms with van der Waals surface area (Å²) in [5, 5.41) is 19.2. The molecule has 2 N–H and O–H groups in total. The van der Waals surface area contributed by atoms with Crippen LogP contribution in [0.4, 0.5) is 4.39 Å². The summed E-state index contributed by atoms with van der Waals surface area (Å²) in [6.45, 7) is 6.63. The van der Waals surface area contributed by atoms with Crippen molar-refractivity contribution in [2.45, 2.75) is 45.6 Å². The summed E-state index contributed by atoms with van der Waals surface area (Å²) < 4.78 is 19.8. The molecule has 1 aromatic heterocycles. The number of fused-ring (bicyclic) bond motifs is 1. The van der Waals surface area contributed by atoms with Gasteiger partial charge in [-0.2, -0.15) is 0 Å². The number of pyridine rings is 1. The molecule has 2 aromatic rings. The number of benzene rings is 1. The van der Waals surface area contributed by atoms with Crippen LogP contribution in [0.1, 0.15) is 42.3 Å². The standard InChI is InChI=1S/C26H32FN3O4/c1-17-13-30(18(2)16-31)26(33)23-11-20(9-8-19(3)32)12-28-25(23)34-24(17)15-29(4)14-21-6-5-7-22(27)10-21/h5-7,10-12,17-19,24,31-32H,13-16H2,1-4H3/t17-,18+,19-,24+/m1/s1. The molecule has 182 valence electrons. The molecule has 34 heavy (non-hydrogen) atoms. The van der Waals surface area contributed by atoms with Crippen molar-refractivity contribution in [3.8, 4) is 17.7 Å². The summed E-state index contributed by atoms with van der Waals surface area (Å²) in [7, 11) is 1.93. The van der Waals surface area contributed by atoms with E-state index in [0.29, 0.717) is 25.2 Å². The third-order valence-corrected chi connectivity index (χ3v) is 5.78. The Morgan fingerprint density at radius 1 is 1.35 bits per heavy atom. The van der Waals surface area contributed by atoms with E-state index >= 15 is 0 Å². The Balaban J connectivity index is 1.90. The molecular formula is C26H32FN3O4. The summed E-state index contributed by atoms with van der Waals surface area (Å²) in [6, 6.07) is 7.71. The third-order valence-electron chi connectivity index (χ3n) is 5.78. The average Bonchev–Trinajstić information content (AvgIpc) is 2.79. The largest absolute Gasteiger partial charge is 0.472 e. The Labute approximate surface area is 200 Å². The third kappa shape index (κ3) is 6.54. The number of halogens is 1. The number of hydrogen-bond acceptors (Lipinski definition) is 6. The topological polar surface area (TPSA) is 86.1 Å². The molecule has 0 unspecified atom stereocenters. The second-order valence-electron chi connectivity index (χ2n) is 8.97. The first-order chi connectivity index (χ1) is 16.2. The van der Waals surface area contributed by atoms with Crippen LogP contribution in [0.25, 0.3) is 0 Å². The summed E-state index contributed by atoms with van der Waals surface area (Å²) >= 11 is 0. The molecular weight excluding hydrogens is 437 g/mol.